The second-order valence-electron chi connectivity index (χ2n) is 9.04. The zero-order chi connectivity index (χ0) is 20.7. The van der Waals surface area contributed by atoms with E-state index in [9.17, 15) is 4.79 Å². The molecule has 3 atom stereocenters. The van der Waals surface area contributed by atoms with E-state index in [1.165, 1.54) is 38.5 Å². The molecule has 2 fully saturated rings. The van der Waals surface area contributed by atoms with Gasteiger partial charge in [-0.25, -0.2) is 19.7 Å². The third-order valence-electron chi connectivity index (χ3n) is 6.86. The Morgan fingerprint density at radius 1 is 1.30 bits per heavy atom. The molecule has 0 radical (unpaired) electrons. The molecule has 3 aromatic rings. The number of nitrogens with zero attached hydrogens (tertiary/aromatic N) is 5. The first-order valence-corrected chi connectivity index (χ1v) is 11.2. The van der Waals surface area contributed by atoms with Crippen LogP contribution in [-0.4, -0.2) is 35.7 Å². The van der Waals surface area contributed by atoms with Crippen molar-refractivity contribution in [1.82, 2.24) is 29.7 Å². The van der Waals surface area contributed by atoms with E-state index in [1.807, 2.05) is 6.33 Å². The van der Waals surface area contributed by atoms with E-state index in [0.29, 0.717) is 29.3 Å². The van der Waals surface area contributed by atoms with Crippen molar-refractivity contribution in [3.05, 3.63) is 16.9 Å². The molecule has 2 aliphatic rings. The SMILES string of the molecule is CCC(Nc1nc(-c2noc(=O)[nH]2)nc2ncn(CC3CCC(C)C3)c12)C1CCC1. The van der Waals surface area contributed by atoms with Crippen molar-refractivity contribution < 1.29 is 4.52 Å². The van der Waals surface area contributed by atoms with Crippen LogP contribution in [0.1, 0.15) is 58.8 Å². The Hall–Kier alpha value is -2.71. The molecule has 5 rings (SSSR count). The van der Waals surface area contributed by atoms with Gasteiger partial charge in [0.05, 0.1) is 6.33 Å². The van der Waals surface area contributed by atoms with E-state index < -0.39 is 5.76 Å². The lowest BCUT2D eigenvalue weighted by molar-refractivity contribution is 0.270. The maximum atomic E-state index is 11.4. The van der Waals surface area contributed by atoms with Crippen LogP contribution in [0.25, 0.3) is 22.8 Å². The predicted octanol–water partition coefficient (Wildman–Crippen LogP) is 3.60. The molecule has 160 valence electrons. The summed E-state index contributed by atoms with van der Waals surface area (Å²) in [6.07, 6.45) is 10.5. The fraction of sp³-hybridized carbons (Fsp3) is 0.667. The molecule has 2 aliphatic carbocycles. The van der Waals surface area contributed by atoms with E-state index in [0.717, 1.165) is 30.2 Å². The average Bonchev–Trinajstić information content (AvgIpc) is 3.40. The smallest absolute Gasteiger partial charge is 0.365 e. The molecular weight excluding hydrogens is 382 g/mol. The average molecular weight is 412 g/mol. The Morgan fingerprint density at radius 2 is 2.17 bits per heavy atom. The summed E-state index contributed by atoms with van der Waals surface area (Å²) in [5.41, 5.74) is 1.54. The zero-order valence-electron chi connectivity index (χ0n) is 17.6. The molecule has 0 aromatic carbocycles. The predicted molar refractivity (Wildman–Crippen MR) is 113 cm³/mol. The van der Waals surface area contributed by atoms with Gasteiger partial charge in [0.25, 0.3) is 0 Å². The van der Waals surface area contributed by atoms with E-state index in [4.69, 9.17) is 4.98 Å². The highest BCUT2D eigenvalue weighted by atomic mass is 16.5. The van der Waals surface area contributed by atoms with Crippen LogP contribution < -0.4 is 11.1 Å². The number of nitrogens with one attached hydrogen (secondary N) is 2. The molecule has 3 heterocycles. The largest absolute Gasteiger partial charge is 0.439 e. The van der Waals surface area contributed by atoms with Gasteiger partial charge in [0.15, 0.2) is 11.5 Å². The number of fused-ring (bicyclic) bond motifs is 1. The minimum Gasteiger partial charge on any atom is -0.365 e. The minimum absolute atomic E-state index is 0.223. The number of aromatic nitrogens is 6. The highest BCUT2D eigenvalue weighted by molar-refractivity contribution is 5.85. The van der Waals surface area contributed by atoms with E-state index in [2.05, 4.69) is 48.4 Å². The molecule has 0 amide bonds. The number of anilines is 1. The van der Waals surface area contributed by atoms with Gasteiger partial charge in [0.1, 0.15) is 5.52 Å². The first-order valence-electron chi connectivity index (χ1n) is 11.2. The number of aromatic amines is 1. The Bertz CT molecular complexity index is 1080. The number of rotatable bonds is 7. The van der Waals surface area contributed by atoms with Crippen molar-refractivity contribution in [2.24, 2.45) is 17.8 Å². The van der Waals surface area contributed by atoms with Gasteiger partial charge in [-0.15, -0.1) is 0 Å². The number of hydrogen-bond acceptors (Lipinski definition) is 7. The van der Waals surface area contributed by atoms with Gasteiger partial charge in [-0.1, -0.05) is 31.8 Å². The number of hydrogen-bond donors (Lipinski definition) is 2. The first kappa shape index (κ1) is 19.3. The third kappa shape index (κ3) is 3.61. The van der Waals surface area contributed by atoms with Gasteiger partial charge in [0, 0.05) is 12.6 Å². The standard InChI is InChI=1S/C21H29N7O2/c1-3-15(14-5-4-6-14)23-18-16-17(24-19(25-18)20-26-21(29)30-27-20)22-11-28(16)10-13-8-7-12(2)9-13/h11-15H,3-10H2,1-2H3,(H,23,24,25)(H,26,27,29). The fourth-order valence-electron chi connectivity index (χ4n) is 4.99. The Balaban J connectivity index is 1.54. The van der Waals surface area contributed by atoms with Crippen molar-refractivity contribution in [2.75, 3.05) is 5.32 Å². The summed E-state index contributed by atoms with van der Waals surface area (Å²) < 4.78 is 6.85. The molecule has 3 unspecified atom stereocenters. The summed E-state index contributed by atoms with van der Waals surface area (Å²) in [6.45, 7) is 5.47. The summed E-state index contributed by atoms with van der Waals surface area (Å²) in [5, 5.41) is 7.45. The maximum absolute atomic E-state index is 11.4. The summed E-state index contributed by atoms with van der Waals surface area (Å²) in [5.74, 6) is 2.80. The second kappa shape index (κ2) is 7.85. The Kier molecular flexibility index (Phi) is 5.04. The molecule has 9 nitrogen and oxygen atoms in total. The molecule has 0 bridgehead atoms. The van der Waals surface area contributed by atoms with Gasteiger partial charge < -0.3 is 9.88 Å². The Morgan fingerprint density at radius 3 is 2.80 bits per heavy atom. The first-order chi connectivity index (χ1) is 14.6. The molecule has 2 saturated carbocycles. The van der Waals surface area contributed by atoms with Gasteiger partial charge in [-0.05, 0) is 49.9 Å². The van der Waals surface area contributed by atoms with Crippen molar-refractivity contribution in [3.63, 3.8) is 0 Å². The van der Waals surface area contributed by atoms with Crippen molar-refractivity contribution in [2.45, 2.75) is 71.4 Å². The van der Waals surface area contributed by atoms with Crippen LogP contribution in [0.15, 0.2) is 15.6 Å². The van der Waals surface area contributed by atoms with Crippen LogP contribution in [-0.2, 0) is 6.54 Å². The van der Waals surface area contributed by atoms with Crippen molar-refractivity contribution in [3.8, 4) is 11.6 Å². The van der Waals surface area contributed by atoms with Crippen LogP contribution in [0.5, 0.6) is 0 Å². The summed E-state index contributed by atoms with van der Waals surface area (Å²) in [6, 6.07) is 0.357. The monoisotopic (exact) mass is 411 g/mol. The van der Waals surface area contributed by atoms with Crippen molar-refractivity contribution >= 4 is 17.0 Å². The van der Waals surface area contributed by atoms with Crippen LogP contribution in [0.2, 0.25) is 0 Å². The molecule has 3 aromatic heterocycles. The second-order valence-corrected chi connectivity index (χ2v) is 9.04. The highest BCUT2D eigenvalue weighted by Gasteiger charge is 2.28. The topological polar surface area (TPSA) is 115 Å². The fourth-order valence-corrected chi connectivity index (χ4v) is 4.99. The minimum atomic E-state index is -0.620. The van der Waals surface area contributed by atoms with E-state index in [-0.39, 0.29) is 5.82 Å². The molecule has 9 heteroatoms. The zero-order valence-corrected chi connectivity index (χ0v) is 17.6. The molecule has 2 N–H and O–H groups in total. The van der Waals surface area contributed by atoms with Gasteiger partial charge in [0.2, 0.25) is 11.6 Å². The molecule has 0 spiro atoms. The van der Waals surface area contributed by atoms with Gasteiger partial charge in [-0.2, -0.15) is 0 Å². The van der Waals surface area contributed by atoms with Crippen LogP contribution in [0.4, 0.5) is 5.82 Å². The van der Waals surface area contributed by atoms with E-state index in [1.54, 1.807) is 0 Å². The highest BCUT2D eigenvalue weighted by Crippen LogP contribution is 2.35. The lowest BCUT2D eigenvalue weighted by Gasteiger charge is -2.34. The number of imidazole rings is 1. The quantitative estimate of drug-likeness (QED) is 0.610. The number of H-pyrrole nitrogens is 1. The normalized spacial score (nSPS) is 23.0. The molecule has 0 saturated heterocycles. The third-order valence-corrected chi connectivity index (χ3v) is 6.86. The summed E-state index contributed by atoms with van der Waals surface area (Å²) >= 11 is 0. The van der Waals surface area contributed by atoms with Crippen molar-refractivity contribution in [1.29, 1.82) is 0 Å². The van der Waals surface area contributed by atoms with Gasteiger partial charge >= 0.3 is 5.76 Å². The molecular formula is C21H29N7O2. The van der Waals surface area contributed by atoms with E-state index >= 15 is 0 Å². The maximum Gasteiger partial charge on any atom is 0.439 e. The molecule has 30 heavy (non-hydrogen) atoms. The molecule has 0 aliphatic heterocycles. The Labute approximate surface area is 174 Å². The summed E-state index contributed by atoms with van der Waals surface area (Å²) in [4.78, 5) is 27.9. The lowest BCUT2D eigenvalue weighted by atomic mass is 9.79. The van der Waals surface area contributed by atoms with Crippen LogP contribution >= 0.6 is 0 Å². The lowest BCUT2D eigenvalue weighted by Crippen LogP contribution is -2.33. The van der Waals surface area contributed by atoms with Crippen LogP contribution in [0, 0.1) is 17.8 Å². The van der Waals surface area contributed by atoms with Gasteiger partial charge in [-0.3, -0.25) is 9.51 Å². The van der Waals surface area contributed by atoms with Crippen LogP contribution in [0.3, 0.4) is 0 Å². The summed E-state index contributed by atoms with van der Waals surface area (Å²) in [7, 11) is 0.